The second-order valence-corrected chi connectivity index (χ2v) is 6.81. The fourth-order valence-electron chi connectivity index (χ4n) is 1.52. The summed E-state index contributed by atoms with van der Waals surface area (Å²) in [4.78, 5) is 3.23. The van der Waals surface area contributed by atoms with E-state index < -0.39 is 20.7 Å². The number of ether oxygens (including phenoxy) is 1. The van der Waals surface area contributed by atoms with Crippen LogP contribution in [0.3, 0.4) is 0 Å². The number of benzene rings is 1. The van der Waals surface area contributed by atoms with E-state index in [4.69, 9.17) is 21.5 Å². The van der Waals surface area contributed by atoms with Gasteiger partial charge in [-0.05, 0) is 28.1 Å². The van der Waals surface area contributed by atoms with Crippen LogP contribution >= 0.6 is 27.5 Å². The van der Waals surface area contributed by atoms with Crippen LogP contribution < -0.4 is 9.88 Å². The summed E-state index contributed by atoms with van der Waals surface area (Å²) < 4.78 is 41.8. The lowest BCUT2D eigenvalue weighted by Crippen LogP contribution is -2.14. The van der Waals surface area contributed by atoms with Gasteiger partial charge in [0.15, 0.2) is 0 Å². The molecule has 0 aliphatic carbocycles. The van der Waals surface area contributed by atoms with Crippen molar-refractivity contribution < 1.29 is 17.5 Å². The van der Waals surface area contributed by atoms with Crippen LogP contribution in [0.1, 0.15) is 5.56 Å². The predicted octanol–water partition coefficient (Wildman–Crippen LogP) is 2.86. The number of nitrogens with two attached hydrogens (primary N) is 1. The normalized spacial score (nSPS) is 11.4. The average Bonchev–Trinajstić information content (AvgIpc) is 2.39. The molecule has 0 bridgehead atoms. The van der Waals surface area contributed by atoms with Crippen molar-refractivity contribution in [1.82, 2.24) is 4.98 Å². The molecule has 2 rings (SSSR count). The number of primary sulfonamides is 1. The molecule has 2 aromatic rings. The number of nitrogens with zero attached hydrogens (tertiary/aromatic N) is 1. The maximum Gasteiger partial charge on any atom is 0.241 e. The van der Waals surface area contributed by atoms with Gasteiger partial charge >= 0.3 is 0 Å². The predicted molar refractivity (Wildman–Crippen MR) is 79.1 cm³/mol. The quantitative estimate of drug-likeness (QED) is 0.863. The molecule has 112 valence electrons. The number of halogens is 3. The molecular formula is C12H9BrClFN2O3S. The van der Waals surface area contributed by atoms with Gasteiger partial charge in [-0.25, -0.2) is 17.9 Å². The van der Waals surface area contributed by atoms with Crippen LogP contribution in [0.4, 0.5) is 4.39 Å². The van der Waals surface area contributed by atoms with Crippen molar-refractivity contribution in [3.05, 3.63) is 51.5 Å². The lowest BCUT2D eigenvalue weighted by molar-refractivity contribution is 0.302. The molecular weight excluding hydrogens is 387 g/mol. The third kappa shape index (κ3) is 3.91. The first kappa shape index (κ1) is 16.2. The van der Waals surface area contributed by atoms with Crippen molar-refractivity contribution in [2.75, 3.05) is 0 Å². The summed E-state index contributed by atoms with van der Waals surface area (Å²) in [5, 5.41) is 5.32. The van der Waals surface area contributed by atoms with E-state index in [1.165, 1.54) is 6.20 Å². The first-order valence-corrected chi connectivity index (χ1v) is 8.24. The molecule has 1 heterocycles. The second-order valence-electron chi connectivity index (χ2n) is 4.01. The lowest BCUT2D eigenvalue weighted by Gasteiger charge is -2.11. The Bertz CT molecular complexity index is 786. The van der Waals surface area contributed by atoms with Crippen molar-refractivity contribution in [3.63, 3.8) is 0 Å². The summed E-state index contributed by atoms with van der Waals surface area (Å²) in [7, 11) is -4.14. The first-order chi connectivity index (χ1) is 9.79. The van der Waals surface area contributed by atoms with Crippen LogP contribution in [-0.2, 0) is 16.6 Å². The molecule has 2 N–H and O–H groups in total. The Kier molecular flexibility index (Phi) is 4.82. The Morgan fingerprint density at radius 2 is 2.14 bits per heavy atom. The molecule has 0 aliphatic heterocycles. The molecule has 0 spiro atoms. The molecule has 0 fully saturated rings. The minimum absolute atomic E-state index is 0.0775. The molecule has 1 aromatic carbocycles. The monoisotopic (exact) mass is 394 g/mol. The topological polar surface area (TPSA) is 82.3 Å². The summed E-state index contributed by atoms with van der Waals surface area (Å²) in [6.45, 7) is 0.0775. The van der Waals surface area contributed by atoms with Crippen LogP contribution in [0.25, 0.3) is 0 Å². The first-order valence-electron chi connectivity index (χ1n) is 5.52. The third-order valence-electron chi connectivity index (χ3n) is 2.53. The van der Waals surface area contributed by atoms with Crippen LogP contribution in [0, 0.1) is 5.82 Å². The molecule has 5 nitrogen and oxygen atoms in total. The molecule has 0 amide bonds. The smallest absolute Gasteiger partial charge is 0.241 e. The van der Waals surface area contributed by atoms with Gasteiger partial charge in [-0.2, -0.15) is 0 Å². The van der Waals surface area contributed by atoms with Crippen molar-refractivity contribution >= 4 is 37.6 Å². The zero-order valence-corrected chi connectivity index (χ0v) is 13.5. The summed E-state index contributed by atoms with van der Waals surface area (Å²) >= 11 is 9.03. The highest BCUT2D eigenvalue weighted by molar-refractivity contribution is 9.10. The highest BCUT2D eigenvalue weighted by Crippen LogP contribution is 2.30. The minimum atomic E-state index is -4.14. The van der Waals surface area contributed by atoms with Gasteiger partial charge in [-0.15, -0.1) is 0 Å². The Hall–Kier alpha value is -1.22. The second kappa shape index (κ2) is 6.27. The van der Waals surface area contributed by atoms with Crippen LogP contribution in [0.2, 0.25) is 5.02 Å². The van der Waals surface area contributed by atoms with E-state index in [2.05, 4.69) is 20.9 Å². The summed E-state index contributed by atoms with van der Waals surface area (Å²) in [5.74, 6) is -0.857. The Labute approximate surface area is 134 Å². The molecule has 0 radical (unpaired) electrons. The van der Waals surface area contributed by atoms with Gasteiger partial charge in [-0.1, -0.05) is 11.6 Å². The van der Waals surface area contributed by atoms with Crippen LogP contribution in [0.5, 0.6) is 5.75 Å². The molecule has 1 aromatic heterocycles. The van der Waals surface area contributed by atoms with E-state index in [1.807, 2.05) is 0 Å². The Balaban J connectivity index is 2.26. The SMILES string of the molecule is NS(=O)(=O)c1cc(Br)c(OCc2ccncc2Cl)cc1F. The highest BCUT2D eigenvalue weighted by Gasteiger charge is 2.18. The molecule has 0 unspecified atom stereocenters. The van der Waals surface area contributed by atoms with Gasteiger partial charge in [0.05, 0.1) is 9.50 Å². The lowest BCUT2D eigenvalue weighted by atomic mass is 10.3. The number of hydrogen-bond acceptors (Lipinski definition) is 4. The zero-order valence-electron chi connectivity index (χ0n) is 10.4. The van der Waals surface area contributed by atoms with Crippen LogP contribution in [0.15, 0.2) is 40.0 Å². The Morgan fingerprint density at radius 3 is 2.76 bits per heavy atom. The molecule has 0 aliphatic rings. The van der Waals surface area contributed by atoms with E-state index in [0.717, 1.165) is 12.1 Å². The fraction of sp³-hybridized carbons (Fsp3) is 0.0833. The number of hydrogen-bond donors (Lipinski definition) is 1. The van der Waals surface area contributed by atoms with Gasteiger partial charge in [0, 0.05) is 24.0 Å². The van der Waals surface area contributed by atoms with E-state index in [-0.39, 0.29) is 16.8 Å². The maximum absolute atomic E-state index is 13.7. The van der Waals surface area contributed by atoms with Gasteiger partial charge < -0.3 is 4.74 Å². The van der Waals surface area contributed by atoms with Gasteiger partial charge in [0.25, 0.3) is 0 Å². The number of sulfonamides is 1. The van der Waals surface area contributed by atoms with Gasteiger partial charge in [0.1, 0.15) is 23.1 Å². The van der Waals surface area contributed by atoms with Crippen molar-refractivity contribution in [1.29, 1.82) is 0 Å². The van der Waals surface area contributed by atoms with E-state index in [1.54, 1.807) is 12.3 Å². The molecule has 9 heteroatoms. The van der Waals surface area contributed by atoms with Crippen molar-refractivity contribution in [2.45, 2.75) is 11.5 Å². The van der Waals surface area contributed by atoms with Gasteiger partial charge in [0.2, 0.25) is 10.0 Å². The summed E-state index contributed by atoms with van der Waals surface area (Å²) in [5.41, 5.74) is 0.662. The Morgan fingerprint density at radius 1 is 1.43 bits per heavy atom. The number of pyridine rings is 1. The van der Waals surface area contributed by atoms with Crippen LogP contribution in [-0.4, -0.2) is 13.4 Å². The summed E-state index contributed by atoms with van der Waals surface area (Å²) in [6.07, 6.45) is 3.00. The zero-order chi connectivity index (χ0) is 15.6. The minimum Gasteiger partial charge on any atom is -0.488 e. The third-order valence-corrected chi connectivity index (χ3v) is 4.42. The van der Waals surface area contributed by atoms with E-state index >= 15 is 0 Å². The fourth-order valence-corrected chi connectivity index (χ4v) is 2.91. The van der Waals surface area contributed by atoms with Crippen molar-refractivity contribution in [3.8, 4) is 5.75 Å². The molecule has 0 saturated carbocycles. The molecule has 0 saturated heterocycles. The van der Waals surface area contributed by atoms with E-state index in [0.29, 0.717) is 10.6 Å². The van der Waals surface area contributed by atoms with Gasteiger partial charge in [-0.3, -0.25) is 4.98 Å². The average molecular weight is 396 g/mol. The summed E-state index contributed by atoms with van der Waals surface area (Å²) in [6, 6.07) is 3.65. The highest BCUT2D eigenvalue weighted by atomic mass is 79.9. The molecule has 0 atom stereocenters. The van der Waals surface area contributed by atoms with E-state index in [9.17, 15) is 12.8 Å². The number of aromatic nitrogens is 1. The largest absolute Gasteiger partial charge is 0.488 e. The van der Waals surface area contributed by atoms with Crippen molar-refractivity contribution in [2.24, 2.45) is 5.14 Å². The standard InChI is InChI=1S/C12H9BrClFN2O3S/c13-8-3-12(21(16,18)19)10(15)4-11(8)20-6-7-1-2-17-5-9(7)14/h1-5H,6H2,(H2,16,18,19). The maximum atomic E-state index is 13.7. The number of rotatable bonds is 4. The molecule has 21 heavy (non-hydrogen) atoms.